The van der Waals surface area contributed by atoms with Crippen LogP contribution in [-0.2, 0) is 6.42 Å². The Balaban J connectivity index is 2.13. The fourth-order valence-corrected chi connectivity index (χ4v) is 2.07. The molecule has 94 valence electrons. The van der Waals surface area contributed by atoms with E-state index in [0.29, 0.717) is 16.4 Å². The van der Waals surface area contributed by atoms with Crippen LogP contribution < -0.4 is 11.1 Å². The van der Waals surface area contributed by atoms with Crippen LogP contribution >= 0.6 is 15.9 Å². The summed E-state index contributed by atoms with van der Waals surface area (Å²) in [6.45, 7) is 2.17. The summed E-state index contributed by atoms with van der Waals surface area (Å²) in [5, 5.41) is 3.12. The lowest BCUT2D eigenvalue weighted by atomic mass is 10.1. The van der Waals surface area contributed by atoms with Gasteiger partial charge in [0.2, 0.25) is 5.95 Å². The Hall–Kier alpha value is -1.62. The highest BCUT2D eigenvalue weighted by Crippen LogP contribution is 2.18. The van der Waals surface area contributed by atoms with Gasteiger partial charge in [-0.3, -0.25) is 0 Å². The van der Waals surface area contributed by atoms with Crippen LogP contribution in [-0.4, -0.2) is 9.97 Å². The maximum Gasteiger partial charge on any atom is 0.230 e. The number of rotatable bonds is 4. The number of nitrogens with two attached hydrogens (primary N) is 1. The van der Waals surface area contributed by atoms with Crippen molar-refractivity contribution in [3.63, 3.8) is 0 Å². The zero-order chi connectivity index (χ0) is 13.0. The van der Waals surface area contributed by atoms with Crippen LogP contribution in [0.25, 0.3) is 0 Å². The van der Waals surface area contributed by atoms with Gasteiger partial charge in [-0.15, -0.1) is 0 Å². The Labute approximate surface area is 115 Å². The highest BCUT2D eigenvalue weighted by atomic mass is 79.9. The van der Waals surface area contributed by atoms with E-state index in [1.165, 1.54) is 5.56 Å². The zero-order valence-corrected chi connectivity index (χ0v) is 11.7. The van der Waals surface area contributed by atoms with Gasteiger partial charge in [-0.25, -0.2) is 4.98 Å². The summed E-state index contributed by atoms with van der Waals surface area (Å²) in [4.78, 5) is 8.32. The van der Waals surface area contributed by atoms with Crippen LogP contribution in [0.1, 0.15) is 18.9 Å². The minimum Gasteiger partial charge on any atom is -0.383 e. The number of hydrogen-bond donors (Lipinski definition) is 2. The summed E-state index contributed by atoms with van der Waals surface area (Å²) in [5.41, 5.74) is 7.94. The van der Waals surface area contributed by atoms with E-state index < -0.39 is 0 Å². The molecule has 2 aromatic rings. The van der Waals surface area contributed by atoms with Crippen molar-refractivity contribution in [1.29, 1.82) is 0 Å². The van der Waals surface area contributed by atoms with Gasteiger partial charge >= 0.3 is 0 Å². The molecule has 0 saturated heterocycles. The van der Waals surface area contributed by atoms with Crippen LogP contribution in [0.5, 0.6) is 0 Å². The minimum absolute atomic E-state index is 0.432. The average molecular weight is 307 g/mol. The molecular formula is C13H15BrN4. The summed E-state index contributed by atoms with van der Waals surface area (Å²) < 4.78 is 0.667. The van der Waals surface area contributed by atoms with Crippen molar-refractivity contribution in [2.24, 2.45) is 0 Å². The minimum atomic E-state index is 0.432. The molecule has 1 aromatic heterocycles. The normalized spacial score (nSPS) is 10.3. The molecule has 0 radical (unpaired) electrons. The van der Waals surface area contributed by atoms with Crippen LogP contribution in [0.4, 0.5) is 17.5 Å². The molecule has 0 saturated carbocycles. The Morgan fingerprint density at radius 3 is 2.56 bits per heavy atom. The molecule has 5 heteroatoms. The molecule has 4 nitrogen and oxygen atoms in total. The van der Waals surface area contributed by atoms with E-state index >= 15 is 0 Å². The molecule has 1 heterocycles. The molecule has 0 aliphatic carbocycles. The number of nitrogens with zero attached hydrogens (tertiary/aromatic N) is 2. The van der Waals surface area contributed by atoms with Crippen molar-refractivity contribution in [3.05, 3.63) is 40.5 Å². The Morgan fingerprint density at radius 2 is 1.94 bits per heavy atom. The SMILES string of the molecule is CCCc1ccc(Nc2nc(N)cc(Br)n2)cc1. The van der Waals surface area contributed by atoms with Crippen molar-refractivity contribution in [3.8, 4) is 0 Å². The van der Waals surface area contributed by atoms with Gasteiger partial charge < -0.3 is 11.1 Å². The van der Waals surface area contributed by atoms with Crippen molar-refractivity contribution < 1.29 is 0 Å². The maximum absolute atomic E-state index is 5.66. The molecule has 3 N–H and O–H groups in total. The second-order valence-electron chi connectivity index (χ2n) is 4.01. The summed E-state index contributed by atoms with van der Waals surface area (Å²) in [6, 6.07) is 9.91. The van der Waals surface area contributed by atoms with E-state index in [0.717, 1.165) is 18.5 Å². The number of aryl methyl sites for hydroxylation is 1. The van der Waals surface area contributed by atoms with E-state index in [9.17, 15) is 0 Å². The molecule has 0 fully saturated rings. The van der Waals surface area contributed by atoms with Crippen LogP contribution in [0.3, 0.4) is 0 Å². The molecule has 1 aromatic carbocycles. The molecule has 0 unspecified atom stereocenters. The zero-order valence-electron chi connectivity index (χ0n) is 10.2. The van der Waals surface area contributed by atoms with Gasteiger partial charge in [0.05, 0.1) is 0 Å². The first-order valence-corrected chi connectivity index (χ1v) is 6.62. The van der Waals surface area contributed by atoms with Crippen molar-refractivity contribution in [2.75, 3.05) is 11.1 Å². The summed E-state index contributed by atoms with van der Waals surface area (Å²) in [5.74, 6) is 0.923. The Bertz CT molecular complexity index is 505. The Morgan fingerprint density at radius 1 is 1.22 bits per heavy atom. The average Bonchev–Trinajstić information content (AvgIpc) is 2.31. The number of halogens is 1. The third-order valence-electron chi connectivity index (χ3n) is 2.46. The first kappa shape index (κ1) is 12.8. The maximum atomic E-state index is 5.66. The number of nitrogen functional groups attached to an aromatic ring is 1. The van der Waals surface area contributed by atoms with Gasteiger partial charge in [-0.05, 0) is 40.0 Å². The molecule has 0 atom stereocenters. The van der Waals surface area contributed by atoms with E-state index in [4.69, 9.17) is 5.73 Å². The molecule has 18 heavy (non-hydrogen) atoms. The quantitative estimate of drug-likeness (QED) is 0.848. The van der Waals surface area contributed by atoms with Crippen molar-refractivity contribution in [1.82, 2.24) is 9.97 Å². The van der Waals surface area contributed by atoms with E-state index in [1.807, 2.05) is 12.1 Å². The number of aromatic nitrogens is 2. The van der Waals surface area contributed by atoms with Crippen molar-refractivity contribution in [2.45, 2.75) is 19.8 Å². The molecular weight excluding hydrogens is 292 g/mol. The summed E-state index contributed by atoms with van der Waals surface area (Å²) in [7, 11) is 0. The monoisotopic (exact) mass is 306 g/mol. The molecule has 0 spiro atoms. The lowest BCUT2D eigenvalue weighted by Crippen LogP contribution is -2.00. The fraction of sp³-hybridized carbons (Fsp3) is 0.231. The van der Waals surface area contributed by atoms with Gasteiger partial charge in [-0.1, -0.05) is 25.5 Å². The third kappa shape index (κ3) is 3.43. The topological polar surface area (TPSA) is 63.8 Å². The largest absolute Gasteiger partial charge is 0.383 e. The number of benzene rings is 1. The third-order valence-corrected chi connectivity index (χ3v) is 2.87. The molecule has 2 rings (SSSR count). The molecule has 0 bridgehead atoms. The molecule has 0 aliphatic heterocycles. The van der Waals surface area contributed by atoms with Gasteiger partial charge in [0.1, 0.15) is 10.4 Å². The first-order chi connectivity index (χ1) is 8.67. The van der Waals surface area contributed by atoms with Crippen LogP contribution in [0, 0.1) is 0 Å². The van der Waals surface area contributed by atoms with Crippen molar-refractivity contribution >= 4 is 33.4 Å². The smallest absolute Gasteiger partial charge is 0.230 e. The second-order valence-corrected chi connectivity index (χ2v) is 4.82. The van der Waals surface area contributed by atoms with E-state index in [-0.39, 0.29) is 0 Å². The predicted molar refractivity (Wildman–Crippen MR) is 77.9 cm³/mol. The lowest BCUT2D eigenvalue weighted by Gasteiger charge is -2.06. The van der Waals surface area contributed by atoms with E-state index in [2.05, 4.69) is 50.3 Å². The summed E-state index contributed by atoms with van der Waals surface area (Å²) in [6.07, 6.45) is 2.25. The first-order valence-electron chi connectivity index (χ1n) is 5.83. The van der Waals surface area contributed by atoms with Gasteiger partial charge in [0, 0.05) is 11.8 Å². The highest BCUT2D eigenvalue weighted by Gasteiger charge is 2.01. The second kappa shape index (κ2) is 5.82. The lowest BCUT2D eigenvalue weighted by molar-refractivity contribution is 0.922. The predicted octanol–water partition coefficient (Wildman–Crippen LogP) is 3.52. The highest BCUT2D eigenvalue weighted by molar-refractivity contribution is 9.10. The standard InChI is InChI=1S/C13H15BrN4/c1-2-3-9-4-6-10(7-5-9)16-13-17-11(14)8-12(15)18-13/h4-8H,2-3H2,1H3,(H3,15,16,17,18). The summed E-state index contributed by atoms with van der Waals surface area (Å²) >= 11 is 3.29. The van der Waals surface area contributed by atoms with Crippen LogP contribution in [0.15, 0.2) is 34.9 Å². The number of anilines is 3. The molecule has 0 amide bonds. The van der Waals surface area contributed by atoms with Gasteiger partial charge in [0.15, 0.2) is 0 Å². The number of nitrogens with one attached hydrogen (secondary N) is 1. The molecule has 0 aliphatic rings. The van der Waals surface area contributed by atoms with Crippen LogP contribution in [0.2, 0.25) is 0 Å². The van der Waals surface area contributed by atoms with Gasteiger partial charge in [-0.2, -0.15) is 4.98 Å². The van der Waals surface area contributed by atoms with Gasteiger partial charge in [0.25, 0.3) is 0 Å². The Kier molecular flexibility index (Phi) is 4.15. The van der Waals surface area contributed by atoms with E-state index in [1.54, 1.807) is 6.07 Å². The number of hydrogen-bond acceptors (Lipinski definition) is 4. The fourth-order valence-electron chi connectivity index (χ4n) is 1.66.